The van der Waals surface area contributed by atoms with Gasteiger partial charge >= 0.3 is 0 Å². The third-order valence-corrected chi connectivity index (χ3v) is 6.82. The SMILES string of the molecule is C#CCn1c(=NS(=O)(=O)c2ccc(C)cc2)sc2cc(SC)ccc21. The predicted molar refractivity (Wildman–Crippen MR) is 104 cm³/mol. The van der Waals surface area contributed by atoms with E-state index in [4.69, 9.17) is 6.42 Å². The maximum atomic E-state index is 12.6. The first-order valence-corrected chi connectivity index (χ1v) is 10.9. The summed E-state index contributed by atoms with van der Waals surface area (Å²) in [6.45, 7) is 2.17. The zero-order chi connectivity index (χ0) is 18.0. The van der Waals surface area contributed by atoms with Crippen molar-refractivity contribution in [3.63, 3.8) is 0 Å². The zero-order valence-corrected chi connectivity index (χ0v) is 16.2. The third kappa shape index (κ3) is 3.66. The fourth-order valence-corrected chi connectivity index (χ4v) is 5.15. The Balaban J connectivity index is 2.22. The minimum absolute atomic E-state index is 0.174. The topological polar surface area (TPSA) is 51.4 Å². The van der Waals surface area contributed by atoms with E-state index in [0.29, 0.717) is 4.80 Å². The summed E-state index contributed by atoms with van der Waals surface area (Å²) in [7, 11) is -3.79. The third-order valence-electron chi connectivity index (χ3n) is 3.66. The number of sulfonamides is 1. The molecule has 0 unspecified atom stereocenters. The highest BCUT2D eigenvalue weighted by Gasteiger charge is 2.14. The number of fused-ring (bicyclic) bond motifs is 1. The van der Waals surface area contributed by atoms with Crippen molar-refractivity contribution in [2.24, 2.45) is 4.40 Å². The maximum absolute atomic E-state index is 12.6. The van der Waals surface area contributed by atoms with Gasteiger partial charge in [0.15, 0.2) is 0 Å². The number of terminal acetylenes is 1. The van der Waals surface area contributed by atoms with Crippen LogP contribution in [0.5, 0.6) is 0 Å². The Morgan fingerprint density at radius 3 is 2.60 bits per heavy atom. The number of nitrogens with zero attached hydrogens (tertiary/aromatic N) is 2. The molecule has 7 heteroatoms. The van der Waals surface area contributed by atoms with Gasteiger partial charge in [-0.2, -0.15) is 8.42 Å². The van der Waals surface area contributed by atoms with Crippen LogP contribution in [0, 0.1) is 19.3 Å². The second kappa shape index (κ2) is 7.08. The fourth-order valence-electron chi connectivity index (χ4n) is 2.36. The Bertz CT molecular complexity index is 1130. The Kier molecular flexibility index (Phi) is 5.04. The molecule has 1 aromatic heterocycles. The van der Waals surface area contributed by atoms with Gasteiger partial charge in [-0.3, -0.25) is 0 Å². The first-order valence-electron chi connectivity index (χ1n) is 7.43. The first-order chi connectivity index (χ1) is 11.9. The number of thiazole rings is 1. The van der Waals surface area contributed by atoms with E-state index in [2.05, 4.69) is 10.3 Å². The fraction of sp³-hybridized carbons (Fsp3) is 0.167. The summed E-state index contributed by atoms with van der Waals surface area (Å²) >= 11 is 2.96. The van der Waals surface area contributed by atoms with Gasteiger partial charge in [0.05, 0.1) is 21.7 Å². The van der Waals surface area contributed by atoms with Crippen molar-refractivity contribution in [1.29, 1.82) is 0 Å². The van der Waals surface area contributed by atoms with Crippen molar-refractivity contribution < 1.29 is 8.42 Å². The van der Waals surface area contributed by atoms with E-state index in [9.17, 15) is 8.42 Å². The van der Waals surface area contributed by atoms with E-state index in [1.54, 1.807) is 40.6 Å². The Morgan fingerprint density at radius 2 is 1.96 bits per heavy atom. The summed E-state index contributed by atoms with van der Waals surface area (Å²) in [5, 5.41) is 0. The average Bonchev–Trinajstić information content (AvgIpc) is 2.91. The molecule has 1 heterocycles. The number of benzene rings is 2. The number of hydrogen-bond donors (Lipinski definition) is 0. The van der Waals surface area contributed by atoms with E-state index in [1.807, 2.05) is 31.4 Å². The molecule has 3 aromatic rings. The number of aryl methyl sites for hydroxylation is 1. The second-order valence-corrected chi connectivity index (χ2v) is 8.88. The summed E-state index contributed by atoms with van der Waals surface area (Å²) in [6, 6.07) is 12.6. The molecule has 0 saturated carbocycles. The normalized spacial score (nSPS) is 12.4. The summed E-state index contributed by atoms with van der Waals surface area (Å²) < 4.78 is 32.1. The summed E-state index contributed by atoms with van der Waals surface area (Å²) in [6.07, 6.45) is 7.46. The number of aromatic nitrogens is 1. The van der Waals surface area contributed by atoms with Crippen molar-refractivity contribution >= 4 is 43.3 Å². The molecule has 0 atom stereocenters. The van der Waals surface area contributed by atoms with E-state index < -0.39 is 10.0 Å². The molecule has 128 valence electrons. The molecular formula is C18H16N2O2S3. The molecular weight excluding hydrogens is 372 g/mol. The second-order valence-electron chi connectivity index (χ2n) is 5.39. The van der Waals surface area contributed by atoms with Gasteiger partial charge in [-0.15, -0.1) is 22.6 Å². The van der Waals surface area contributed by atoms with Crippen molar-refractivity contribution in [2.45, 2.75) is 23.3 Å². The van der Waals surface area contributed by atoms with Gasteiger partial charge in [0.1, 0.15) is 0 Å². The molecule has 0 radical (unpaired) electrons. The highest BCUT2D eigenvalue weighted by Crippen LogP contribution is 2.24. The van der Waals surface area contributed by atoms with Crippen LogP contribution in [-0.2, 0) is 16.6 Å². The summed E-state index contributed by atoms with van der Waals surface area (Å²) in [5.41, 5.74) is 1.88. The number of hydrogen-bond acceptors (Lipinski definition) is 4. The van der Waals surface area contributed by atoms with E-state index in [0.717, 1.165) is 20.7 Å². The molecule has 3 rings (SSSR count). The van der Waals surface area contributed by atoms with Crippen LogP contribution in [0.2, 0.25) is 0 Å². The van der Waals surface area contributed by atoms with E-state index in [1.165, 1.54) is 11.3 Å². The van der Waals surface area contributed by atoms with Gasteiger partial charge in [-0.05, 0) is 43.5 Å². The minimum atomic E-state index is -3.79. The molecule has 0 N–H and O–H groups in total. The van der Waals surface area contributed by atoms with Crippen LogP contribution >= 0.6 is 23.1 Å². The Hall–Kier alpha value is -2.01. The largest absolute Gasteiger partial charge is 0.304 e. The molecule has 4 nitrogen and oxygen atoms in total. The van der Waals surface area contributed by atoms with Crippen LogP contribution < -0.4 is 4.80 Å². The predicted octanol–water partition coefficient (Wildman–Crippen LogP) is 3.66. The quantitative estimate of drug-likeness (QED) is 0.506. The standard InChI is InChI=1S/C18H16N2O2S3/c1-4-11-20-16-10-7-14(23-3)12-17(16)24-18(20)19-25(21,22)15-8-5-13(2)6-9-15/h1,5-10,12H,11H2,2-3H3. The lowest BCUT2D eigenvalue weighted by Crippen LogP contribution is -2.16. The van der Waals surface area contributed by atoms with Crippen LogP contribution in [-0.4, -0.2) is 19.2 Å². The van der Waals surface area contributed by atoms with Crippen LogP contribution in [0.15, 0.2) is 56.7 Å². The van der Waals surface area contributed by atoms with Crippen LogP contribution in [0.3, 0.4) is 0 Å². The zero-order valence-electron chi connectivity index (χ0n) is 13.8. The van der Waals surface area contributed by atoms with Gasteiger partial charge in [0.25, 0.3) is 10.0 Å². The highest BCUT2D eigenvalue weighted by atomic mass is 32.2. The maximum Gasteiger partial charge on any atom is 0.285 e. The Morgan fingerprint density at radius 1 is 1.24 bits per heavy atom. The number of rotatable bonds is 4. The van der Waals surface area contributed by atoms with Crippen molar-refractivity contribution in [3.05, 3.63) is 52.8 Å². The van der Waals surface area contributed by atoms with Crippen LogP contribution in [0.1, 0.15) is 5.56 Å². The molecule has 0 spiro atoms. The minimum Gasteiger partial charge on any atom is -0.304 e. The Labute approximate surface area is 155 Å². The van der Waals surface area contributed by atoms with Gasteiger partial charge in [-0.1, -0.05) is 35.0 Å². The highest BCUT2D eigenvalue weighted by molar-refractivity contribution is 7.98. The van der Waals surface area contributed by atoms with Crippen molar-refractivity contribution in [2.75, 3.05) is 6.26 Å². The van der Waals surface area contributed by atoms with Crippen molar-refractivity contribution in [1.82, 2.24) is 4.57 Å². The van der Waals surface area contributed by atoms with Crippen LogP contribution in [0.25, 0.3) is 10.2 Å². The molecule has 0 fully saturated rings. The molecule has 0 aliphatic rings. The van der Waals surface area contributed by atoms with Crippen molar-refractivity contribution in [3.8, 4) is 12.3 Å². The molecule has 0 amide bonds. The van der Waals surface area contributed by atoms with Crippen LogP contribution in [0.4, 0.5) is 0 Å². The molecule has 0 aliphatic carbocycles. The molecule has 25 heavy (non-hydrogen) atoms. The smallest absolute Gasteiger partial charge is 0.285 e. The molecule has 0 saturated heterocycles. The lowest BCUT2D eigenvalue weighted by Gasteiger charge is -2.02. The first kappa shape index (κ1) is 17.8. The van der Waals surface area contributed by atoms with Gasteiger partial charge in [0.2, 0.25) is 4.80 Å². The van der Waals surface area contributed by atoms with Gasteiger partial charge in [0, 0.05) is 4.90 Å². The summed E-state index contributed by atoms with van der Waals surface area (Å²) in [4.78, 5) is 1.66. The molecule has 0 bridgehead atoms. The van der Waals surface area contributed by atoms with E-state index in [-0.39, 0.29) is 11.4 Å². The molecule has 0 aliphatic heterocycles. The van der Waals surface area contributed by atoms with Gasteiger partial charge in [-0.25, -0.2) is 0 Å². The lowest BCUT2D eigenvalue weighted by molar-refractivity contribution is 0.596. The average molecular weight is 389 g/mol. The molecule has 2 aromatic carbocycles. The van der Waals surface area contributed by atoms with E-state index >= 15 is 0 Å². The monoisotopic (exact) mass is 388 g/mol. The number of thioether (sulfide) groups is 1. The lowest BCUT2D eigenvalue weighted by atomic mass is 10.2. The summed E-state index contributed by atoms with van der Waals surface area (Å²) in [5.74, 6) is 2.57. The van der Waals surface area contributed by atoms with Gasteiger partial charge < -0.3 is 4.57 Å².